The average Bonchev–Trinajstić information content (AvgIpc) is 3.07. The highest BCUT2D eigenvalue weighted by atomic mass is 35.5. The summed E-state index contributed by atoms with van der Waals surface area (Å²) in [6.45, 7) is 0.369. The lowest BCUT2D eigenvalue weighted by Gasteiger charge is -2.12. The summed E-state index contributed by atoms with van der Waals surface area (Å²) in [7, 11) is 0. The highest BCUT2D eigenvalue weighted by molar-refractivity contribution is 8.18. The van der Waals surface area contributed by atoms with Gasteiger partial charge in [-0.15, -0.1) is 0 Å². The van der Waals surface area contributed by atoms with Crippen LogP contribution in [0.15, 0.2) is 77.7 Å². The molecule has 0 bridgehead atoms. The molecule has 3 aromatic rings. The summed E-state index contributed by atoms with van der Waals surface area (Å²) in [5.41, 5.74) is 2.25. The molecule has 0 aromatic heterocycles. The van der Waals surface area contributed by atoms with E-state index in [9.17, 15) is 19.7 Å². The topological polar surface area (TPSA) is 89.7 Å². The van der Waals surface area contributed by atoms with E-state index in [1.165, 1.54) is 17.0 Å². The van der Waals surface area contributed by atoms with Crippen LogP contribution in [0.3, 0.4) is 0 Å². The largest absolute Gasteiger partial charge is 0.489 e. The van der Waals surface area contributed by atoms with Crippen molar-refractivity contribution in [2.75, 3.05) is 0 Å². The van der Waals surface area contributed by atoms with Crippen LogP contribution in [-0.2, 0) is 17.9 Å². The number of nitro groups is 1. The van der Waals surface area contributed by atoms with Gasteiger partial charge in [-0.25, -0.2) is 0 Å². The Balaban J connectivity index is 1.39. The van der Waals surface area contributed by atoms with Crippen LogP contribution in [0.4, 0.5) is 10.5 Å². The van der Waals surface area contributed by atoms with Crippen molar-refractivity contribution in [2.45, 2.75) is 13.2 Å². The summed E-state index contributed by atoms with van der Waals surface area (Å²) in [6, 6.07) is 20.3. The summed E-state index contributed by atoms with van der Waals surface area (Å²) in [5, 5.41) is 11.1. The Morgan fingerprint density at radius 3 is 2.42 bits per heavy atom. The van der Waals surface area contributed by atoms with Crippen molar-refractivity contribution in [3.05, 3.63) is 110 Å². The maximum atomic E-state index is 12.7. The molecule has 4 rings (SSSR count). The molecular formula is C24H17ClN2O5S. The van der Waals surface area contributed by atoms with Crippen molar-refractivity contribution in [3.8, 4) is 5.75 Å². The number of ether oxygens (including phenoxy) is 1. The van der Waals surface area contributed by atoms with Gasteiger partial charge in [-0.1, -0.05) is 48.0 Å². The first-order valence-electron chi connectivity index (χ1n) is 9.85. The number of amides is 2. The number of nitro benzene ring substituents is 1. The van der Waals surface area contributed by atoms with Gasteiger partial charge in [0, 0.05) is 17.2 Å². The van der Waals surface area contributed by atoms with Crippen LogP contribution < -0.4 is 4.74 Å². The molecule has 2 amide bonds. The Morgan fingerprint density at radius 2 is 1.73 bits per heavy atom. The molecule has 1 saturated heterocycles. The lowest BCUT2D eigenvalue weighted by Crippen LogP contribution is -2.27. The number of hydrogen-bond acceptors (Lipinski definition) is 6. The minimum Gasteiger partial charge on any atom is -0.489 e. The number of rotatable bonds is 7. The predicted molar refractivity (Wildman–Crippen MR) is 127 cm³/mol. The Kier molecular flexibility index (Phi) is 6.76. The van der Waals surface area contributed by atoms with Crippen LogP contribution in [0.25, 0.3) is 6.08 Å². The maximum Gasteiger partial charge on any atom is 0.293 e. The Labute approximate surface area is 198 Å². The first-order chi connectivity index (χ1) is 15.9. The van der Waals surface area contributed by atoms with E-state index < -0.39 is 4.92 Å². The molecule has 7 nitrogen and oxygen atoms in total. The molecule has 3 aromatic carbocycles. The molecule has 0 aliphatic carbocycles. The van der Waals surface area contributed by atoms with Crippen molar-refractivity contribution in [1.82, 2.24) is 4.90 Å². The zero-order valence-electron chi connectivity index (χ0n) is 17.1. The van der Waals surface area contributed by atoms with Crippen LogP contribution in [-0.4, -0.2) is 21.0 Å². The van der Waals surface area contributed by atoms with Crippen molar-refractivity contribution < 1.29 is 19.2 Å². The van der Waals surface area contributed by atoms with Gasteiger partial charge in [-0.2, -0.15) is 0 Å². The number of hydrogen-bond donors (Lipinski definition) is 0. The summed E-state index contributed by atoms with van der Waals surface area (Å²) < 4.78 is 5.69. The number of halogens is 1. The molecule has 0 spiro atoms. The van der Waals surface area contributed by atoms with Gasteiger partial charge in [-0.05, 0) is 58.8 Å². The lowest BCUT2D eigenvalue weighted by atomic mass is 10.2. The number of imide groups is 1. The normalized spacial score (nSPS) is 14.7. The molecule has 1 heterocycles. The third-order valence-electron chi connectivity index (χ3n) is 4.83. The minimum atomic E-state index is -0.449. The van der Waals surface area contributed by atoms with E-state index >= 15 is 0 Å². The minimum absolute atomic E-state index is 0.0106. The molecule has 1 aliphatic rings. The first-order valence-corrected chi connectivity index (χ1v) is 11.0. The molecule has 0 atom stereocenters. The van der Waals surface area contributed by atoms with Gasteiger partial charge in [0.25, 0.3) is 16.8 Å². The second-order valence-electron chi connectivity index (χ2n) is 7.18. The van der Waals surface area contributed by atoms with Crippen molar-refractivity contribution in [3.63, 3.8) is 0 Å². The smallest absolute Gasteiger partial charge is 0.293 e. The van der Waals surface area contributed by atoms with E-state index in [2.05, 4.69) is 0 Å². The third kappa shape index (κ3) is 5.60. The number of non-ortho nitro benzene ring substituents is 1. The number of carbonyl (C=O) groups excluding carboxylic acids is 2. The molecule has 1 aliphatic heterocycles. The molecular weight excluding hydrogens is 464 g/mol. The van der Waals surface area contributed by atoms with Gasteiger partial charge in [0.05, 0.1) is 16.4 Å². The van der Waals surface area contributed by atoms with E-state index in [-0.39, 0.29) is 30.0 Å². The average molecular weight is 481 g/mol. The summed E-state index contributed by atoms with van der Waals surface area (Å²) >= 11 is 6.79. The maximum absolute atomic E-state index is 12.7. The van der Waals surface area contributed by atoms with Crippen molar-refractivity contribution in [2.24, 2.45) is 0 Å². The molecule has 33 heavy (non-hydrogen) atoms. The predicted octanol–water partition coefficient (Wildman–Crippen LogP) is 6.06. The van der Waals surface area contributed by atoms with E-state index in [4.69, 9.17) is 16.3 Å². The molecule has 0 N–H and O–H groups in total. The van der Waals surface area contributed by atoms with Crippen LogP contribution in [0.5, 0.6) is 5.75 Å². The van der Waals surface area contributed by atoms with Gasteiger partial charge in [0.15, 0.2) is 0 Å². The summed E-state index contributed by atoms with van der Waals surface area (Å²) in [4.78, 5) is 37.0. The van der Waals surface area contributed by atoms with Gasteiger partial charge in [0.1, 0.15) is 12.4 Å². The quantitative estimate of drug-likeness (QED) is 0.232. The Hall–Kier alpha value is -3.62. The molecule has 166 valence electrons. The fourth-order valence-corrected chi connectivity index (χ4v) is 4.11. The molecule has 0 radical (unpaired) electrons. The van der Waals surface area contributed by atoms with E-state index in [0.717, 1.165) is 22.9 Å². The summed E-state index contributed by atoms with van der Waals surface area (Å²) in [5.74, 6) is 0.237. The van der Waals surface area contributed by atoms with Gasteiger partial charge < -0.3 is 4.74 Å². The second kappa shape index (κ2) is 9.89. The zero-order valence-corrected chi connectivity index (χ0v) is 18.7. The zero-order chi connectivity index (χ0) is 23.4. The number of carbonyl (C=O) groups is 2. The SMILES string of the molecule is O=C1S/C(=C/c2ccc(OCc3cccc([N+](=O)[O-])c3)cc2)C(=O)N1Cc1ccc(Cl)cc1. The molecule has 1 fully saturated rings. The van der Waals surface area contributed by atoms with Crippen molar-refractivity contribution in [1.29, 1.82) is 0 Å². The molecule has 9 heteroatoms. The molecule has 0 saturated carbocycles. The highest BCUT2D eigenvalue weighted by Crippen LogP contribution is 2.33. The fraction of sp³-hybridized carbons (Fsp3) is 0.0833. The summed E-state index contributed by atoms with van der Waals surface area (Å²) in [6.07, 6.45) is 1.66. The molecule has 0 unspecified atom stereocenters. The van der Waals surface area contributed by atoms with Crippen LogP contribution in [0.1, 0.15) is 16.7 Å². The Morgan fingerprint density at radius 1 is 1.00 bits per heavy atom. The van der Waals surface area contributed by atoms with Crippen LogP contribution in [0, 0.1) is 10.1 Å². The number of benzene rings is 3. The van der Waals surface area contributed by atoms with Crippen LogP contribution >= 0.6 is 23.4 Å². The van der Waals surface area contributed by atoms with Gasteiger partial charge in [0.2, 0.25) is 0 Å². The standard InChI is InChI=1S/C24H17ClN2O5S/c25-19-8-4-17(5-9-19)14-26-23(28)22(33-24(26)29)13-16-6-10-21(11-7-16)32-15-18-2-1-3-20(12-18)27(30)31/h1-13H,14-15H2/b22-13+. The van der Waals surface area contributed by atoms with Crippen molar-refractivity contribution >= 4 is 46.3 Å². The monoisotopic (exact) mass is 480 g/mol. The van der Waals surface area contributed by atoms with Crippen LogP contribution in [0.2, 0.25) is 5.02 Å². The second-order valence-corrected chi connectivity index (χ2v) is 8.61. The number of thioether (sulfide) groups is 1. The third-order valence-corrected chi connectivity index (χ3v) is 5.99. The number of nitrogens with zero attached hydrogens (tertiary/aromatic N) is 2. The van der Waals surface area contributed by atoms with E-state index in [0.29, 0.717) is 21.2 Å². The highest BCUT2D eigenvalue weighted by Gasteiger charge is 2.34. The van der Waals surface area contributed by atoms with Gasteiger partial charge in [-0.3, -0.25) is 24.6 Å². The van der Waals surface area contributed by atoms with E-state index in [1.54, 1.807) is 66.7 Å². The lowest BCUT2D eigenvalue weighted by molar-refractivity contribution is -0.384. The van der Waals surface area contributed by atoms with Gasteiger partial charge >= 0.3 is 0 Å². The Bertz CT molecular complexity index is 1240. The van der Waals surface area contributed by atoms with E-state index in [1.807, 2.05) is 0 Å². The first kappa shape index (κ1) is 22.6. The fourth-order valence-electron chi connectivity index (χ4n) is 3.15.